The summed E-state index contributed by atoms with van der Waals surface area (Å²) in [5.74, 6) is 0. The van der Waals surface area contributed by atoms with Crippen molar-refractivity contribution in [2.45, 2.75) is 148 Å². The molecule has 12 rings (SSSR count). The molecular weight excluding hydrogens is 855 g/mol. The van der Waals surface area contributed by atoms with E-state index in [1.807, 2.05) is 0 Å². The molecule has 0 N–H and O–H groups in total. The fraction of sp³-hybridized carbons (Fsp3) is 0.354. The summed E-state index contributed by atoms with van der Waals surface area (Å²) in [6, 6.07) is 49.7. The minimum Gasteiger partial charge on any atom is -0.335 e. The number of nitrogens with zero attached hydrogens (tertiary/aromatic N) is 2. The largest absolute Gasteiger partial charge is 0.335 e. The van der Waals surface area contributed by atoms with Gasteiger partial charge in [-0.2, -0.15) is 0 Å². The highest BCUT2D eigenvalue weighted by atomic mass is 35.5. The first kappa shape index (κ1) is 44.7. The molecule has 0 radical (unpaired) electrons. The Kier molecular flexibility index (Phi) is 9.42. The average molecular weight is 924 g/mol. The third-order valence-electron chi connectivity index (χ3n) is 17.9. The zero-order valence-electron chi connectivity index (χ0n) is 43.3. The molecule has 3 heterocycles. The minimum atomic E-state index is -0.233. The molecule has 1 saturated carbocycles. The van der Waals surface area contributed by atoms with Gasteiger partial charge in [0.2, 0.25) is 0 Å². The average Bonchev–Trinajstić information content (AvgIpc) is 3.67. The Hall–Kier alpha value is -5.51. The smallest absolute Gasteiger partial charge is 0.252 e. The Labute approximate surface area is 418 Å². The monoisotopic (exact) mass is 923 g/mol. The molecule has 2 unspecified atom stereocenters. The number of hydrogen-bond acceptors (Lipinski definition) is 2. The van der Waals surface area contributed by atoms with Crippen LogP contribution in [0.1, 0.15) is 149 Å². The lowest BCUT2D eigenvalue weighted by Gasteiger charge is -2.53. The number of hydrogen-bond donors (Lipinski definition) is 0. The van der Waals surface area contributed by atoms with Crippen molar-refractivity contribution in [3.05, 3.63) is 166 Å². The lowest BCUT2D eigenvalue weighted by Crippen LogP contribution is -2.64. The summed E-state index contributed by atoms with van der Waals surface area (Å²) in [4.78, 5) is 5.56. The number of anilines is 5. The van der Waals surface area contributed by atoms with Crippen molar-refractivity contribution < 1.29 is 0 Å². The van der Waals surface area contributed by atoms with E-state index in [4.69, 9.17) is 11.6 Å². The Morgan fingerprint density at radius 1 is 0.493 bits per heavy atom. The molecule has 7 aromatic rings. The lowest BCUT2D eigenvalue weighted by atomic mass is 9.33. The van der Waals surface area contributed by atoms with Gasteiger partial charge in [-0.25, -0.2) is 0 Å². The Morgan fingerprint density at radius 2 is 1.06 bits per heavy atom. The lowest BCUT2D eigenvalue weighted by molar-refractivity contribution is 0.195. The molecule has 0 saturated heterocycles. The zero-order chi connectivity index (χ0) is 48.5. The number of fused-ring (bicyclic) bond motifs is 11. The van der Waals surface area contributed by atoms with Gasteiger partial charge in [0.25, 0.3) is 6.71 Å². The fourth-order valence-corrected chi connectivity index (χ4v) is 13.9. The van der Waals surface area contributed by atoms with Crippen LogP contribution >= 0.6 is 11.6 Å². The van der Waals surface area contributed by atoms with Gasteiger partial charge in [-0.05, 0) is 127 Å². The molecule has 2 nitrogen and oxygen atoms in total. The van der Waals surface area contributed by atoms with Gasteiger partial charge in [-0.1, -0.05) is 211 Å². The van der Waals surface area contributed by atoms with Gasteiger partial charge in [-0.3, -0.25) is 0 Å². The fourth-order valence-electron chi connectivity index (χ4n) is 13.7. The third kappa shape index (κ3) is 6.17. The minimum absolute atomic E-state index is 0.0122. The van der Waals surface area contributed by atoms with E-state index in [0.29, 0.717) is 0 Å². The zero-order valence-corrected chi connectivity index (χ0v) is 44.1. The van der Waals surface area contributed by atoms with E-state index < -0.39 is 0 Å². The van der Waals surface area contributed by atoms with Crippen molar-refractivity contribution in [1.82, 2.24) is 0 Å². The van der Waals surface area contributed by atoms with E-state index in [1.165, 1.54) is 131 Å². The van der Waals surface area contributed by atoms with Crippen molar-refractivity contribution in [2.75, 3.05) is 9.80 Å². The van der Waals surface area contributed by atoms with Gasteiger partial charge in [0.1, 0.15) is 0 Å². The molecule has 0 amide bonds. The van der Waals surface area contributed by atoms with Gasteiger partial charge >= 0.3 is 0 Å². The molecule has 0 bridgehead atoms. The maximum atomic E-state index is 7.77. The van der Waals surface area contributed by atoms with Crippen LogP contribution in [-0.2, 0) is 27.1 Å². The predicted molar refractivity (Wildman–Crippen MR) is 298 cm³/mol. The van der Waals surface area contributed by atoms with E-state index >= 15 is 0 Å². The van der Waals surface area contributed by atoms with E-state index in [9.17, 15) is 0 Å². The topological polar surface area (TPSA) is 6.48 Å². The second-order valence-electron chi connectivity index (χ2n) is 25.4. The van der Waals surface area contributed by atoms with Crippen LogP contribution in [0.3, 0.4) is 0 Å². The highest BCUT2D eigenvalue weighted by Gasteiger charge is 2.62. The summed E-state index contributed by atoms with van der Waals surface area (Å²) in [5, 5.41) is 0.775. The number of benzene rings is 7. The predicted octanol–water partition coefficient (Wildman–Crippen LogP) is 16.2. The van der Waals surface area contributed by atoms with Gasteiger partial charge in [0.05, 0.1) is 11.2 Å². The first-order valence-corrected chi connectivity index (χ1v) is 26.2. The molecule has 348 valence electrons. The first-order valence-electron chi connectivity index (χ1n) is 25.8. The molecule has 4 heteroatoms. The Balaban J connectivity index is 1.29. The van der Waals surface area contributed by atoms with Crippen LogP contribution in [0.4, 0.5) is 28.4 Å². The van der Waals surface area contributed by atoms with Crippen molar-refractivity contribution in [3.63, 3.8) is 0 Å². The SMILES string of the molecule is CC(C)(C)c1cc(-c2ccccc2)c(N2c3cc(Cl)cc4c3B(c3ccc5c(c32)-c2ccc(C(C)(C)C)cc2C5(C)C)c2cc(C(C)(C)C)cc3c2N4C2(C)CCCCC32C)c(-c2ccccc2)c1. The van der Waals surface area contributed by atoms with Crippen molar-refractivity contribution in [2.24, 2.45) is 0 Å². The first-order chi connectivity index (χ1) is 32.5. The van der Waals surface area contributed by atoms with Crippen molar-refractivity contribution >= 4 is 63.1 Å². The summed E-state index contributed by atoms with van der Waals surface area (Å²) < 4.78 is 0. The molecule has 1 fully saturated rings. The molecule has 7 aromatic carbocycles. The Morgan fingerprint density at radius 3 is 1.67 bits per heavy atom. The summed E-state index contributed by atoms with van der Waals surface area (Å²) in [6.45, 7) is 31.4. The molecule has 0 spiro atoms. The van der Waals surface area contributed by atoms with Crippen LogP contribution < -0.4 is 26.2 Å². The van der Waals surface area contributed by atoms with Crippen LogP contribution in [-0.4, -0.2) is 12.3 Å². The second-order valence-corrected chi connectivity index (χ2v) is 25.9. The van der Waals surface area contributed by atoms with Crippen LogP contribution in [0.15, 0.2) is 127 Å². The summed E-state index contributed by atoms with van der Waals surface area (Å²) in [7, 11) is 0. The summed E-state index contributed by atoms with van der Waals surface area (Å²) in [5.41, 5.74) is 26.0. The molecule has 2 aliphatic carbocycles. The summed E-state index contributed by atoms with van der Waals surface area (Å²) >= 11 is 7.77. The molecule has 3 aliphatic heterocycles. The Bertz CT molecular complexity index is 3250. The van der Waals surface area contributed by atoms with Crippen LogP contribution in [0.5, 0.6) is 0 Å². The summed E-state index contributed by atoms with van der Waals surface area (Å²) in [6.07, 6.45) is 4.77. The van der Waals surface area contributed by atoms with Crippen LogP contribution in [0, 0.1) is 0 Å². The highest BCUT2D eigenvalue weighted by molar-refractivity contribution is 7.00. The molecule has 2 atom stereocenters. The van der Waals surface area contributed by atoms with E-state index in [0.717, 1.165) is 11.4 Å². The van der Waals surface area contributed by atoms with Gasteiger partial charge < -0.3 is 9.80 Å². The van der Waals surface area contributed by atoms with Gasteiger partial charge in [0.15, 0.2) is 0 Å². The molecule has 69 heavy (non-hydrogen) atoms. The van der Waals surface area contributed by atoms with Gasteiger partial charge in [-0.15, -0.1) is 0 Å². The quantitative estimate of drug-likeness (QED) is 0.163. The van der Waals surface area contributed by atoms with E-state index in [1.54, 1.807) is 0 Å². The van der Waals surface area contributed by atoms with Gasteiger partial charge in [0, 0.05) is 55.3 Å². The van der Waals surface area contributed by atoms with Crippen LogP contribution in [0.25, 0.3) is 33.4 Å². The van der Waals surface area contributed by atoms with Crippen molar-refractivity contribution in [1.29, 1.82) is 0 Å². The van der Waals surface area contributed by atoms with E-state index in [2.05, 4.69) is 227 Å². The maximum Gasteiger partial charge on any atom is 0.252 e. The van der Waals surface area contributed by atoms with Crippen LogP contribution in [0.2, 0.25) is 5.02 Å². The molecule has 5 aliphatic rings. The maximum absolute atomic E-state index is 7.77. The number of rotatable bonds is 3. The molecule has 0 aromatic heterocycles. The van der Waals surface area contributed by atoms with Crippen molar-refractivity contribution in [3.8, 4) is 33.4 Å². The third-order valence-corrected chi connectivity index (χ3v) is 18.1. The standard InChI is InChI=1S/C65H68BClN2/c1-60(2,3)41-26-27-45-49(34-41)63(10,11)48-28-29-51-59(55(45)48)68(57-46(39-22-16-14-17-23-39)32-42(61(4,5)6)33-47(57)40-24-18-15-19-25-40)53-37-44(67)38-54-56(53)66(51)52-36-43(62(7,8)9)35-50-58(52)69(54)65(13)31-21-20-30-64(50,65)12/h14-19,22-29,32-38H,20-21,30-31H2,1-13H3. The normalized spacial score (nSPS) is 20.5. The van der Waals surface area contributed by atoms with E-state index in [-0.39, 0.29) is 39.3 Å². The highest BCUT2D eigenvalue weighted by Crippen LogP contribution is 2.64. The second kappa shape index (κ2) is 14.5. The number of halogens is 1. The molecular formula is C65H68BClN2.